The minimum Gasteiger partial charge on any atom is -0.391 e. The Morgan fingerprint density at radius 3 is 2.75 bits per heavy atom. The second-order valence-electron chi connectivity index (χ2n) is 1.62. The van der Waals surface area contributed by atoms with Crippen LogP contribution in [0.25, 0.3) is 0 Å². The van der Waals surface area contributed by atoms with Gasteiger partial charge in [-0.05, 0) is 0 Å². The lowest BCUT2D eigenvalue weighted by molar-refractivity contribution is -0.0789. The molecule has 3 nitrogen and oxygen atoms in total. The van der Waals surface area contributed by atoms with Crippen molar-refractivity contribution in [2.75, 3.05) is 13.2 Å². The number of hydrogen-bond acceptors (Lipinski definition) is 3. The maximum absolute atomic E-state index is 8.38. The maximum Gasteiger partial charge on any atom is 0.180 e. The fourth-order valence-corrected chi connectivity index (χ4v) is 0.571. The Hall–Kier alpha value is -0.0551. The maximum atomic E-state index is 8.38. The molecule has 0 unspecified atom stereocenters. The quantitative estimate of drug-likeness (QED) is 0.437. The van der Waals surface area contributed by atoms with E-state index >= 15 is 0 Å². The first-order chi connectivity index (χ1) is 3.83. The van der Waals surface area contributed by atoms with Gasteiger partial charge in [-0.15, -0.1) is 0 Å². The molecule has 1 heterocycles. The average Bonchev–Trinajstić information content (AvgIpc) is 2.14. The molecule has 4 heteroatoms. The summed E-state index contributed by atoms with van der Waals surface area (Å²) >= 11 is 0. The van der Waals surface area contributed by atoms with E-state index in [2.05, 4.69) is 0 Å². The molecule has 0 amide bonds. The van der Waals surface area contributed by atoms with E-state index in [1.54, 1.807) is 0 Å². The predicted octanol–water partition coefficient (Wildman–Crippen LogP) is -1.15. The highest BCUT2D eigenvalue weighted by Crippen LogP contribution is 2.06. The molecule has 2 radical (unpaired) electrons. The van der Waals surface area contributed by atoms with Gasteiger partial charge in [0, 0.05) is 6.00 Å². The standard InChI is InChI=1S/C4H7BO3/c5-3-2-7-4(1-6)8-3/h3-4,6H,1-2H2/t3-,4-/m0/s1. The van der Waals surface area contributed by atoms with E-state index in [-0.39, 0.29) is 12.6 Å². The van der Waals surface area contributed by atoms with Crippen molar-refractivity contribution < 1.29 is 14.6 Å². The summed E-state index contributed by atoms with van der Waals surface area (Å²) < 4.78 is 9.63. The van der Waals surface area contributed by atoms with Gasteiger partial charge >= 0.3 is 0 Å². The Balaban J connectivity index is 2.22. The highest BCUT2D eigenvalue weighted by atomic mass is 16.7. The minimum atomic E-state index is -0.495. The molecule has 1 saturated heterocycles. The molecule has 0 saturated carbocycles. The van der Waals surface area contributed by atoms with E-state index in [1.807, 2.05) is 0 Å². The third-order valence-corrected chi connectivity index (χ3v) is 0.922. The van der Waals surface area contributed by atoms with Crippen LogP contribution in [0.5, 0.6) is 0 Å². The van der Waals surface area contributed by atoms with E-state index in [4.69, 9.17) is 22.4 Å². The Kier molecular flexibility index (Phi) is 1.88. The highest BCUT2D eigenvalue weighted by Gasteiger charge is 2.20. The lowest BCUT2D eigenvalue weighted by atomic mass is 10.0. The summed E-state index contributed by atoms with van der Waals surface area (Å²) in [6.45, 7) is 0.263. The number of aliphatic hydroxyl groups excluding tert-OH is 1. The summed E-state index contributed by atoms with van der Waals surface area (Å²) in [7, 11) is 5.24. The summed E-state index contributed by atoms with van der Waals surface area (Å²) in [5.74, 6) is 0. The molecule has 1 rings (SSSR count). The largest absolute Gasteiger partial charge is 0.391 e. The van der Waals surface area contributed by atoms with Gasteiger partial charge in [-0.2, -0.15) is 0 Å². The SMILES string of the molecule is [B][C@@H]1CO[C@H](CO)O1. The van der Waals surface area contributed by atoms with Crippen molar-refractivity contribution in [1.29, 1.82) is 0 Å². The molecule has 1 aliphatic rings. The van der Waals surface area contributed by atoms with Gasteiger partial charge in [0.05, 0.1) is 13.2 Å². The molecule has 0 aromatic rings. The number of ether oxygens (including phenoxy) is 2. The highest BCUT2D eigenvalue weighted by molar-refractivity contribution is 6.11. The second-order valence-corrected chi connectivity index (χ2v) is 1.62. The normalized spacial score (nSPS) is 38.1. The molecule has 0 bridgehead atoms. The summed E-state index contributed by atoms with van der Waals surface area (Å²) in [6.07, 6.45) is -0.495. The van der Waals surface area contributed by atoms with Gasteiger partial charge in [0.1, 0.15) is 7.85 Å². The van der Waals surface area contributed by atoms with E-state index in [0.717, 1.165) is 0 Å². The molecule has 44 valence electrons. The van der Waals surface area contributed by atoms with Gasteiger partial charge in [-0.25, -0.2) is 0 Å². The Bertz CT molecular complexity index is 77.7. The van der Waals surface area contributed by atoms with Crippen molar-refractivity contribution in [1.82, 2.24) is 0 Å². The van der Waals surface area contributed by atoms with Crippen molar-refractivity contribution in [3.8, 4) is 0 Å². The van der Waals surface area contributed by atoms with Crippen molar-refractivity contribution in [3.05, 3.63) is 0 Å². The third-order valence-electron chi connectivity index (χ3n) is 0.922. The number of hydrogen-bond donors (Lipinski definition) is 1. The van der Waals surface area contributed by atoms with Crippen LogP contribution in [0.1, 0.15) is 0 Å². The zero-order chi connectivity index (χ0) is 5.98. The zero-order valence-corrected chi connectivity index (χ0v) is 4.41. The Labute approximate surface area is 49.0 Å². The Morgan fingerprint density at radius 1 is 1.75 bits per heavy atom. The van der Waals surface area contributed by atoms with Crippen LogP contribution < -0.4 is 0 Å². The fraction of sp³-hybridized carbons (Fsp3) is 1.00. The first-order valence-electron chi connectivity index (χ1n) is 2.46. The van der Waals surface area contributed by atoms with Gasteiger partial charge in [0.2, 0.25) is 0 Å². The molecule has 8 heavy (non-hydrogen) atoms. The summed E-state index contributed by atoms with van der Waals surface area (Å²) in [5, 5.41) is 8.38. The van der Waals surface area contributed by atoms with Gasteiger partial charge in [-0.3, -0.25) is 0 Å². The van der Waals surface area contributed by atoms with E-state index in [0.29, 0.717) is 6.61 Å². The molecule has 1 aliphatic heterocycles. The summed E-state index contributed by atoms with van der Waals surface area (Å²) in [6, 6.07) is -0.354. The van der Waals surface area contributed by atoms with Crippen LogP contribution in [0.3, 0.4) is 0 Å². The molecular weight excluding hydrogens is 107 g/mol. The van der Waals surface area contributed by atoms with Crippen molar-refractivity contribution in [2.45, 2.75) is 12.3 Å². The molecule has 0 aromatic heterocycles. The molecule has 1 fully saturated rings. The van der Waals surface area contributed by atoms with Crippen molar-refractivity contribution in [2.24, 2.45) is 0 Å². The van der Waals surface area contributed by atoms with E-state index in [9.17, 15) is 0 Å². The molecular formula is C4H7BO3. The van der Waals surface area contributed by atoms with E-state index < -0.39 is 6.29 Å². The van der Waals surface area contributed by atoms with Gasteiger partial charge in [0.25, 0.3) is 0 Å². The third kappa shape index (κ3) is 1.21. The molecule has 0 aliphatic carbocycles. The molecule has 0 spiro atoms. The molecule has 2 atom stereocenters. The first kappa shape index (κ1) is 6.07. The van der Waals surface area contributed by atoms with Gasteiger partial charge in [-0.1, -0.05) is 0 Å². The van der Waals surface area contributed by atoms with Crippen LogP contribution in [0.15, 0.2) is 0 Å². The van der Waals surface area contributed by atoms with Crippen molar-refractivity contribution in [3.63, 3.8) is 0 Å². The Morgan fingerprint density at radius 2 is 2.50 bits per heavy atom. The summed E-state index contributed by atoms with van der Waals surface area (Å²) in [4.78, 5) is 0. The van der Waals surface area contributed by atoms with Crippen LogP contribution >= 0.6 is 0 Å². The smallest absolute Gasteiger partial charge is 0.180 e. The fourth-order valence-electron chi connectivity index (χ4n) is 0.571. The van der Waals surface area contributed by atoms with Crippen LogP contribution in [0.4, 0.5) is 0 Å². The van der Waals surface area contributed by atoms with Crippen LogP contribution in [-0.4, -0.2) is 38.5 Å². The molecule has 0 aromatic carbocycles. The predicted molar refractivity (Wildman–Crippen MR) is 27.5 cm³/mol. The molecule has 1 N–H and O–H groups in total. The van der Waals surface area contributed by atoms with Gasteiger partial charge in [0.15, 0.2) is 6.29 Å². The monoisotopic (exact) mass is 114 g/mol. The van der Waals surface area contributed by atoms with Crippen LogP contribution in [0, 0.1) is 0 Å². The van der Waals surface area contributed by atoms with E-state index in [1.165, 1.54) is 0 Å². The summed E-state index contributed by atoms with van der Waals surface area (Å²) in [5.41, 5.74) is 0. The van der Waals surface area contributed by atoms with Gasteiger partial charge < -0.3 is 14.6 Å². The lowest BCUT2D eigenvalue weighted by Crippen LogP contribution is -2.15. The lowest BCUT2D eigenvalue weighted by Gasteiger charge is -2.03. The second kappa shape index (κ2) is 2.48. The average molecular weight is 114 g/mol. The van der Waals surface area contributed by atoms with Crippen LogP contribution in [0.2, 0.25) is 0 Å². The first-order valence-corrected chi connectivity index (χ1v) is 2.46. The van der Waals surface area contributed by atoms with Crippen LogP contribution in [-0.2, 0) is 9.47 Å². The number of aliphatic hydroxyl groups is 1. The van der Waals surface area contributed by atoms with Crippen molar-refractivity contribution >= 4 is 7.85 Å². The zero-order valence-electron chi connectivity index (χ0n) is 4.41. The number of rotatable bonds is 1. The topological polar surface area (TPSA) is 38.7 Å². The minimum absolute atomic E-state index is 0.117.